The van der Waals surface area contributed by atoms with Crippen LogP contribution in [-0.2, 0) is 6.42 Å². The fraction of sp³-hybridized carbons (Fsp3) is 0.125. The van der Waals surface area contributed by atoms with Crippen molar-refractivity contribution in [3.8, 4) is 0 Å². The first-order valence-corrected chi connectivity index (χ1v) is 6.90. The molecule has 0 aromatic heterocycles. The van der Waals surface area contributed by atoms with Crippen molar-refractivity contribution in [2.75, 3.05) is 12.4 Å². The second-order valence-corrected chi connectivity index (χ2v) is 5.10. The summed E-state index contributed by atoms with van der Waals surface area (Å²) in [6, 6.07) is 18.5. The van der Waals surface area contributed by atoms with Gasteiger partial charge in [-0.1, -0.05) is 48.5 Å². The fourth-order valence-corrected chi connectivity index (χ4v) is 2.39. The number of hydrogen-bond donors (Lipinski definition) is 1. The van der Waals surface area contributed by atoms with Gasteiger partial charge in [0.25, 0.3) is 0 Å². The van der Waals surface area contributed by atoms with E-state index < -0.39 is 0 Å². The molecule has 0 unspecified atom stereocenters. The standard InChI is InChI=1S/C16H15N3S/c1-19-16(20)17-14-10-6-5-9-13(14)15(18-19)11-12-7-3-2-4-8-12/h2-10H,11H2,1H3,(H,17,20). The normalized spacial score (nSPS) is 14.2. The zero-order valence-corrected chi connectivity index (χ0v) is 12.0. The van der Waals surface area contributed by atoms with Gasteiger partial charge in [-0.2, -0.15) is 5.10 Å². The maximum atomic E-state index is 5.32. The Labute approximate surface area is 123 Å². The van der Waals surface area contributed by atoms with Gasteiger partial charge in [-0.15, -0.1) is 0 Å². The van der Waals surface area contributed by atoms with Gasteiger partial charge in [0.2, 0.25) is 0 Å². The number of nitrogens with one attached hydrogen (secondary N) is 1. The molecule has 1 aliphatic rings. The smallest absolute Gasteiger partial charge is 0.193 e. The van der Waals surface area contributed by atoms with Gasteiger partial charge in [0.05, 0.1) is 5.71 Å². The Balaban J connectivity index is 2.03. The van der Waals surface area contributed by atoms with Crippen LogP contribution < -0.4 is 5.32 Å². The van der Waals surface area contributed by atoms with Crippen LogP contribution in [0, 0.1) is 0 Å². The molecule has 3 rings (SSSR count). The maximum Gasteiger partial charge on any atom is 0.193 e. The van der Waals surface area contributed by atoms with Crippen LogP contribution >= 0.6 is 12.2 Å². The molecule has 1 heterocycles. The van der Waals surface area contributed by atoms with Crippen LogP contribution in [0.15, 0.2) is 59.7 Å². The van der Waals surface area contributed by atoms with Crippen molar-refractivity contribution in [3.63, 3.8) is 0 Å². The number of hydrogen-bond acceptors (Lipinski definition) is 2. The molecule has 0 bridgehead atoms. The first kappa shape index (κ1) is 12.8. The molecule has 0 aliphatic carbocycles. The largest absolute Gasteiger partial charge is 0.331 e. The molecule has 0 amide bonds. The van der Waals surface area contributed by atoms with Crippen LogP contribution in [0.25, 0.3) is 0 Å². The van der Waals surface area contributed by atoms with Gasteiger partial charge in [0, 0.05) is 24.7 Å². The highest BCUT2D eigenvalue weighted by Gasteiger charge is 2.17. The van der Waals surface area contributed by atoms with E-state index in [9.17, 15) is 0 Å². The quantitative estimate of drug-likeness (QED) is 0.856. The molecule has 0 fully saturated rings. The summed E-state index contributed by atoms with van der Waals surface area (Å²) in [5, 5.41) is 10.2. The van der Waals surface area contributed by atoms with Crippen LogP contribution in [-0.4, -0.2) is 22.9 Å². The summed E-state index contributed by atoms with van der Waals surface area (Å²) in [4.78, 5) is 0. The van der Waals surface area contributed by atoms with Crippen molar-refractivity contribution in [2.45, 2.75) is 6.42 Å². The van der Waals surface area contributed by atoms with Gasteiger partial charge < -0.3 is 5.32 Å². The average Bonchev–Trinajstić information content (AvgIpc) is 2.58. The SMILES string of the molecule is CN1N=C(Cc2ccccc2)c2ccccc2NC1=S. The molecule has 4 heteroatoms. The first-order chi connectivity index (χ1) is 9.74. The monoisotopic (exact) mass is 281 g/mol. The molecule has 0 saturated carbocycles. The van der Waals surface area contributed by atoms with E-state index in [4.69, 9.17) is 12.2 Å². The van der Waals surface area contributed by atoms with E-state index in [0.717, 1.165) is 23.4 Å². The third-order valence-electron chi connectivity index (χ3n) is 3.26. The molecular weight excluding hydrogens is 266 g/mol. The Morgan fingerprint density at radius 1 is 1.05 bits per heavy atom. The molecule has 100 valence electrons. The number of fused-ring (bicyclic) bond motifs is 1. The Morgan fingerprint density at radius 3 is 2.55 bits per heavy atom. The van der Waals surface area contributed by atoms with Crippen molar-refractivity contribution in [3.05, 3.63) is 65.7 Å². The Morgan fingerprint density at radius 2 is 1.75 bits per heavy atom. The molecule has 0 atom stereocenters. The lowest BCUT2D eigenvalue weighted by Crippen LogP contribution is -2.25. The Kier molecular flexibility index (Phi) is 3.48. The summed E-state index contributed by atoms with van der Waals surface area (Å²) in [6.07, 6.45) is 0.784. The second kappa shape index (κ2) is 5.43. The highest BCUT2D eigenvalue weighted by Crippen LogP contribution is 2.22. The van der Waals surface area contributed by atoms with Gasteiger partial charge in [0.15, 0.2) is 5.11 Å². The van der Waals surface area contributed by atoms with Gasteiger partial charge in [-0.3, -0.25) is 0 Å². The number of para-hydroxylation sites is 1. The van der Waals surface area contributed by atoms with Gasteiger partial charge >= 0.3 is 0 Å². The predicted molar refractivity (Wildman–Crippen MR) is 87.1 cm³/mol. The maximum absolute atomic E-state index is 5.32. The molecule has 2 aromatic carbocycles. The number of thiocarbonyl (C=S) groups is 1. The molecule has 1 aliphatic heterocycles. The zero-order chi connectivity index (χ0) is 13.9. The van der Waals surface area contributed by atoms with E-state index >= 15 is 0 Å². The fourth-order valence-electron chi connectivity index (χ4n) is 2.24. The van der Waals surface area contributed by atoms with E-state index in [2.05, 4.69) is 28.6 Å². The average molecular weight is 281 g/mol. The van der Waals surface area contributed by atoms with Gasteiger partial charge in [-0.05, 0) is 23.8 Å². The van der Waals surface area contributed by atoms with Gasteiger partial charge in [-0.25, -0.2) is 5.01 Å². The number of nitrogens with zero attached hydrogens (tertiary/aromatic N) is 2. The number of benzene rings is 2. The third kappa shape index (κ3) is 2.56. The molecule has 0 radical (unpaired) electrons. The number of hydrazone groups is 1. The van der Waals surface area contributed by atoms with Crippen molar-refractivity contribution < 1.29 is 0 Å². The van der Waals surface area contributed by atoms with Crippen LogP contribution in [0.2, 0.25) is 0 Å². The van der Waals surface area contributed by atoms with Crippen LogP contribution in [0.3, 0.4) is 0 Å². The lowest BCUT2D eigenvalue weighted by Gasteiger charge is -2.12. The summed E-state index contributed by atoms with van der Waals surface area (Å²) in [6.45, 7) is 0. The van der Waals surface area contributed by atoms with Crippen LogP contribution in [0.1, 0.15) is 11.1 Å². The molecule has 0 saturated heterocycles. The first-order valence-electron chi connectivity index (χ1n) is 6.49. The van der Waals surface area contributed by atoms with Crippen molar-refractivity contribution >= 4 is 28.7 Å². The minimum absolute atomic E-state index is 0.612. The minimum atomic E-state index is 0.612. The second-order valence-electron chi connectivity index (χ2n) is 4.71. The Bertz CT molecular complexity index is 664. The molecule has 1 N–H and O–H groups in total. The minimum Gasteiger partial charge on any atom is -0.331 e. The van der Waals surface area contributed by atoms with Gasteiger partial charge in [0.1, 0.15) is 0 Å². The van der Waals surface area contributed by atoms with E-state index in [1.165, 1.54) is 5.56 Å². The lowest BCUT2D eigenvalue weighted by atomic mass is 10.0. The molecule has 20 heavy (non-hydrogen) atoms. The van der Waals surface area contributed by atoms with E-state index in [0.29, 0.717) is 5.11 Å². The highest BCUT2D eigenvalue weighted by molar-refractivity contribution is 7.80. The summed E-state index contributed by atoms with van der Waals surface area (Å²) in [5.74, 6) is 0. The van der Waals surface area contributed by atoms with Crippen molar-refractivity contribution in [1.82, 2.24) is 5.01 Å². The summed E-state index contributed by atoms with van der Waals surface area (Å²) in [5.41, 5.74) is 4.36. The third-order valence-corrected chi connectivity index (χ3v) is 3.62. The van der Waals surface area contributed by atoms with E-state index in [1.807, 2.05) is 43.4 Å². The molecule has 2 aromatic rings. The number of rotatable bonds is 2. The summed E-state index contributed by atoms with van der Waals surface area (Å²) >= 11 is 5.32. The molecular formula is C16H15N3S. The summed E-state index contributed by atoms with van der Waals surface area (Å²) < 4.78 is 0. The predicted octanol–water partition coefficient (Wildman–Crippen LogP) is 3.28. The van der Waals surface area contributed by atoms with Crippen LogP contribution in [0.5, 0.6) is 0 Å². The lowest BCUT2D eigenvalue weighted by molar-refractivity contribution is 0.554. The number of anilines is 1. The Hall–Kier alpha value is -2.20. The molecule has 0 spiro atoms. The van der Waals surface area contributed by atoms with E-state index in [1.54, 1.807) is 5.01 Å². The summed E-state index contributed by atoms with van der Waals surface area (Å²) in [7, 11) is 1.87. The van der Waals surface area contributed by atoms with Crippen molar-refractivity contribution in [1.29, 1.82) is 0 Å². The van der Waals surface area contributed by atoms with Crippen LogP contribution in [0.4, 0.5) is 5.69 Å². The van der Waals surface area contributed by atoms with E-state index in [-0.39, 0.29) is 0 Å². The highest BCUT2D eigenvalue weighted by atomic mass is 32.1. The van der Waals surface area contributed by atoms with Crippen molar-refractivity contribution in [2.24, 2.45) is 5.10 Å². The zero-order valence-electron chi connectivity index (χ0n) is 11.2. The molecule has 3 nitrogen and oxygen atoms in total. The topological polar surface area (TPSA) is 27.6 Å².